The topological polar surface area (TPSA) is 96.6 Å². The quantitative estimate of drug-likeness (QED) is 0.383. The first kappa shape index (κ1) is 25.2. The monoisotopic (exact) mass is 499 g/mol. The summed E-state index contributed by atoms with van der Waals surface area (Å²) < 4.78 is 5.59. The van der Waals surface area contributed by atoms with Crippen molar-refractivity contribution < 1.29 is 14.6 Å². The molecule has 0 radical (unpaired) electrons. The van der Waals surface area contributed by atoms with Crippen LogP contribution in [0.25, 0.3) is 0 Å². The molecule has 0 bridgehead atoms. The standard InChI is InChI=1S/C31H37N3O3/c1-18-11-23(35)12-19(2)24(18)17-27(32)31(36)34-29-9-10-33-28-8-7-20(15-26(28)29)13-21-14-22-5-4-6-30(37-3)25(22)16-21/h4-8,11-12,15,21,27,29,33,35H,9-10,13-14,16-17,32H2,1-3H3,(H,34,36)/t21?,27?,29-/m1/s1. The summed E-state index contributed by atoms with van der Waals surface area (Å²) in [6, 6.07) is 15.7. The van der Waals surface area contributed by atoms with E-state index in [-0.39, 0.29) is 17.7 Å². The number of methoxy groups -OCH3 is 1. The number of amides is 1. The first-order valence-corrected chi connectivity index (χ1v) is 13.2. The maximum atomic E-state index is 13.1. The average molecular weight is 500 g/mol. The Morgan fingerprint density at radius 3 is 2.70 bits per heavy atom. The van der Waals surface area contributed by atoms with Crippen LogP contribution in [0.1, 0.15) is 51.4 Å². The number of aryl methyl sites for hydroxylation is 2. The molecule has 37 heavy (non-hydrogen) atoms. The Morgan fingerprint density at radius 1 is 1.16 bits per heavy atom. The summed E-state index contributed by atoms with van der Waals surface area (Å²) in [5.41, 5.74) is 15.5. The highest BCUT2D eigenvalue weighted by Gasteiger charge is 2.27. The number of phenolic OH excluding ortho intramolecular Hbond substituents is 1. The molecule has 5 N–H and O–H groups in total. The molecule has 6 heteroatoms. The molecule has 1 aliphatic carbocycles. The van der Waals surface area contributed by atoms with Crippen molar-refractivity contribution in [2.45, 2.75) is 58.0 Å². The van der Waals surface area contributed by atoms with Gasteiger partial charge in [0.15, 0.2) is 0 Å². The molecule has 3 aromatic rings. The number of ether oxygens (including phenoxy) is 1. The van der Waals surface area contributed by atoms with Crippen LogP contribution < -0.4 is 21.1 Å². The zero-order valence-corrected chi connectivity index (χ0v) is 21.9. The van der Waals surface area contributed by atoms with Crippen LogP contribution in [-0.4, -0.2) is 30.7 Å². The molecule has 3 atom stereocenters. The minimum absolute atomic E-state index is 0.0716. The number of hydrogen-bond donors (Lipinski definition) is 4. The van der Waals surface area contributed by atoms with Crippen LogP contribution in [0.5, 0.6) is 11.5 Å². The van der Waals surface area contributed by atoms with Gasteiger partial charge < -0.3 is 26.2 Å². The number of phenols is 1. The third-order valence-electron chi connectivity index (χ3n) is 7.97. The predicted octanol–water partition coefficient (Wildman–Crippen LogP) is 4.52. The Kier molecular flexibility index (Phi) is 7.11. The SMILES string of the molecule is COc1cccc2c1CC(Cc1ccc3c(c1)[C@H](NC(=O)C(N)Cc1c(C)cc(O)cc1C)CCN3)C2. The molecule has 0 spiro atoms. The number of fused-ring (bicyclic) bond motifs is 2. The summed E-state index contributed by atoms with van der Waals surface area (Å²) in [5.74, 6) is 1.62. The number of carbonyl (C=O) groups excluding carboxylic acids is 1. The lowest BCUT2D eigenvalue weighted by atomic mass is 9.91. The van der Waals surface area contributed by atoms with E-state index in [0.29, 0.717) is 12.3 Å². The molecule has 2 unspecified atom stereocenters. The normalized spacial score (nSPS) is 18.9. The van der Waals surface area contributed by atoms with Crippen molar-refractivity contribution in [2.24, 2.45) is 11.7 Å². The van der Waals surface area contributed by atoms with Gasteiger partial charge in [0.2, 0.25) is 5.91 Å². The summed E-state index contributed by atoms with van der Waals surface area (Å²) in [4.78, 5) is 13.1. The number of carbonyl (C=O) groups is 1. The highest BCUT2D eigenvalue weighted by Crippen LogP contribution is 2.37. The van der Waals surface area contributed by atoms with Crippen LogP contribution >= 0.6 is 0 Å². The molecule has 1 amide bonds. The lowest BCUT2D eigenvalue weighted by Crippen LogP contribution is -2.44. The van der Waals surface area contributed by atoms with E-state index >= 15 is 0 Å². The fraction of sp³-hybridized carbons (Fsp3) is 0.387. The van der Waals surface area contributed by atoms with Crippen LogP contribution in [0.2, 0.25) is 0 Å². The fourth-order valence-electron chi connectivity index (χ4n) is 6.10. The molecule has 6 nitrogen and oxygen atoms in total. The third kappa shape index (κ3) is 5.30. The second-order valence-corrected chi connectivity index (χ2v) is 10.6. The Hall–Kier alpha value is -3.51. The van der Waals surface area contributed by atoms with Gasteiger partial charge in [0.25, 0.3) is 0 Å². The Morgan fingerprint density at radius 2 is 1.95 bits per heavy atom. The first-order valence-electron chi connectivity index (χ1n) is 13.2. The lowest BCUT2D eigenvalue weighted by Gasteiger charge is -2.29. The summed E-state index contributed by atoms with van der Waals surface area (Å²) in [5, 5.41) is 16.5. The van der Waals surface area contributed by atoms with Crippen LogP contribution in [0.4, 0.5) is 5.69 Å². The molecule has 2 aliphatic rings. The first-order chi connectivity index (χ1) is 17.8. The molecular weight excluding hydrogens is 462 g/mol. The van der Waals surface area contributed by atoms with Gasteiger partial charge in [-0.3, -0.25) is 4.79 Å². The zero-order chi connectivity index (χ0) is 26.1. The largest absolute Gasteiger partial charge is 0.508 e. The van der Waals surface area contributed by atoms with E-state index in [0.717, 1.165) is 65.9 Å². The van der Waals surface area contributed by atoms with Crippen molar-refractivity contribution in [3.8, 4) is 11.5 Å². The Bertz CT molecular complexity index is 1300. The minimum Gasteiger partial charge on any atom is -0.508 e. The zero-order valence-electron chi connectivity index (χ0n) is 21.9. The van der Waals surface area contributed by atoms with E-state index in [1.807, 2.05) is 19.9 Å². The average Bonchev–Trinajstić information content (AvgIpc) is 3.28. The molecule has 5 rings (SSSR count). The lowest BCUT2D eigenvalue weighted by molar-refractivity contribution is -0.123. The van der Waals surface area contributed by atoms with Gasteiger partial charge in [-0.05, 0) is 115 Å². The van der Waals surface area contributed by atoms with Crippen molar-refractivity contribution in [3.05, 3.63) is 87.5 Å². The maximum absolute atomic E-state index is 13.1. The third-order valence-corrected chi connectivity index (χ3v) is 7.97. The van der Waals surface area contributed by atoms with Crippen molar-refractivity contribution in [1.82, 2.24) is 5.32 Å². The van der Waals surface area contributed by atoms with E-state index in [2.05, 4.69) is 41.0 Å². The van der Waals surface area contributed by atoms with Gasteiger partial charge in [-0.2, -0.15) is 0 Å². The van der Waals surface area contributed by atoms with Crippen molar-refractivity contribution in [3.63, 3.8) is 0 Å². The van der Waals surface area contributed by atoms with Crippen molar-refractivity contribution in [1.29, 1.82) is 0 Å². The summed E-state index contributed by atoms with van der Waals surface area (Å²) >= 11 is 0. The molecule has 1 aliphatic heterocycles. The Labute approximate surface area is 219 Å². The summed E-state index contributed by atoms with van der Waals surface area (Å²) in [7, 11) is 1.74. The Balaban J connectivity index is 1.27. The number of rotatable bonds is 7. The van der Waals surface area contributed by atoms with Crippen molar-refractivity contribution >= 4 is 11.6 Å². The number of benzene rings is 3. The van der Waals surface area contributed by atoms with Crippen LogP contribution in [0, 0.1) is 19.8 Å². The van der Waals surface area contributed by atoms with Gasteiger partial charge in [0.1, 0.15) is 11.5 Å². The van der Waals surface area contributed by atoms with Gasteiger partial charge in [0, 0.05) is 12.2 Å². The van der Waals surface area contributed by atoms with E-state index in [1.165, 1.54) is 16.7 Å². The summed E-state index contributed by atoms with van der Waals surface area (Å²) in [6.07, 6.45) is 4.34. The molecule has 3 aromatic carbocycles. The van der Waals surface area contributed by atoms with Crippen LogP contribution in [0.15, 0.2) is 48.5 Å². The maximum Gasteiger partial charge on any atom is 0.237 e. The molecule has 0 fully saturated rings. The summed E-state index contributed by atoms with van der Waals surface area (Å²) in [6.45, 7) is 4.69. The number of nitrogens with two attached hydrogens (primary N) is 1. The molecule has 0 saturated carbocycles. The number of hydrogen-bond acceptors (Lipinski definition) is 5. The highest BCUT2D eigenvalue weighted by atomic mass is 16.5. The second kappa shape index (κ2) is 10.5. The van der Waals surface area contributed by atoms with E-state index < -0.39 is 6.04 Å². The highest BCUT2D eigenvalue weighted by molar-refractivity contribution is 5.82. The molecule has 194 valence electrons. The fourth-order valence-corrected chi connectivity index (χ4v) is 6.10. The molecule has 1 heterocycles. The number of anilines is 1. The van der Waals surface area contributed by atoms with Gasteiger partial charge in [-0.1, -0.05) is 24.3 Å². The molecule has 0 aromatic heterocycles. The molecule has 0 saturated heterocycles. The second-order valence-electron chi connectivity index (χ2n) is 10.6. The molecular formula is C31H37N3O3. The van der Waals surface area contributed by atoms with Gasteiger partial charge in [-0.15, -0.1) is 0 Å². The van der Waals surface area contributed by atoms with Gasteiger partial charge >= 0.3 is 0 Å². The minimum atomic E-state index is -0.657. The van der Waals surface area contributed by atoms with Crippen LogP contribution in [0.3, 0.4) is 0 Å². The number of nitrogens with one attached hydrogen (secondary N) is 2. The van der Waals surface area contributed by atoms with E-state index in [9.17, 15) is 9.90 Å². The van der Waals surface area contributed by atoms with Crippen molar-refractivity contribution in [2.75, 3.05) is 19.0 Å². The smallest absolute Gasteiger partial charge is 0.237 e. The van der Waals surface area contributed by atoms with E-state index in [4.69, 9.17) is 10.5 Å². The van der Waals surface area contributed by atoms with Gasteiger partial charge in [-0.25, -0.2) is 0 Å². The van der Waals surface area contributed by atoms with E-state index in [1.54, 1.807) is 19.2 Å². The van der Waals surface area contributed by atoms with Gasteiger partial charge in [0.05, 0.1) is 19.2 Å². The van der Waals surface area contributed by atoms with Crippen LogP contribution in [-0.2, 0) is 30.5 Å². The number of aromatic hydroxyl groups is 1. The predicted molar refractivity (Wildman–Crippen MR) is 147 cm³/mol.